The van der Waals surface area contributed by atoms with Gasteiger partial charge in [-0.05, 0) is 35.0 Å². The van der Waals surface area contributed by atoms with E-state index >= 15 is 0 Å². The van der Waals surface area contributed by atoms with Crippen LogP contribution in [-0.4, -0.2) is 12.1 Å². The van der Waals surface area contributed by atoms with Crippen LogP contribution in [0.15, 0.2) is 96.1 Å². The van der Waals surface area contributed by atoms with Gasteiger partial charge in [0.15, 0.2) is 0 Å². The predicted molar refractivity (Wildman–Crippen MR) is 121 cm³/mol. The molecular weight excluding hydrogens is 396 g/mol. The van der Waals surface area contributed by atoms with Crippen molar-refractivity contribution in [3.63, 3.8) is 0 Å². The molecule has 0 aliphatic rings. The number of nitrogens with zero attached hydrogens (tertiary/aromatic N) is 1. The lowest BCUT2D eigenvalue weighted by Crippen LogP contribution is -2.17. The minimum absolute atomic E-state index is 0.273. The van der Waals surface area contributed by atoms with Crippen molar-refractivity contribution in [2.45, 2.75) is 6.61 Å². The van der Waals surface area contributed by atoms with Crippen LogP contribution in [0.4, 0.5) is 0 Å². The van der Waals surface area contributed by atoms with Crippen LogP contribution in [0, 0.1) is 0 Å². The van der Waals surface area contributed by atoms with Crippen molar-refractivity contribution < 1.29 is 9.53 Å². The number of hydrogen-bond donors (Lipinski definition) is 1. The molecule has 5 heteroatoms. The minimum Gasteiger partial charge on any atom is -0.488 e. The zero-order valence-electron chi connectivity index (χ0n) is 16.1. The van der Waals surface area contributed by atoms with Crippen LogP contribution in [-0.2, 0) is 6.61 Å². The molecule has 0 atom stereocenters. The monoisotopic (exact) mass is 414 g/mol. The van der Waals surface area contributed by atoms with Gasteiger partial charge in [0.05, 0.1) is 6.21 Å². The molecule has 30 heavy (non-hydrogen) atoms. The zero-order chi connectivity index (χ0) is 20.8. The first-order valence-electron chi connectivity index (χ1n) is 9.49. The molecule has 4 rings (SSSR count). The van der Waals surface area contributed by atoms with Gasteiger partial charge in [-0.3, -0.25) is 4.79 Å². The van der Waals surface area contributed by atoms with Gasteiger partial charge in [-0.25, -0.2) is 5.43 Å². The van der Waals surface area contributed by atoms with Crippen LogP contribution >= 0.6 is 11.6 Å². The van der Waals surface area contributed by atoms with Gasteiger partial charge in [-0.2, -0.15) is 5.10 Å². The van der Waals surface area contributed by atoms with Crippen molar-refractivity contribution in [1.29, 1.82) is 0 Å². The zero-order valence-corrected chi connectivity index (χ0v) is 16.8. The number of benzene rings is 4. The van der Waals surface area contributed by atoms with Gasteiger partial charge < -0.3 is 4.74 Å². The summed E-state index contributed by atoms with van der Waals surface area (Å²) in [5, 5.41) is 6.86. The summed E-state index contributed by atoms with van der Waals surface area (Å²) in [6.07, 6.45) is 1.62. The van der Waals surface area contributed by atoms with Crippen LogP contribution in [0.25, 0.3) is 10.8 Å². The van der Waals surface area contributed by atoms with E-state index in [2.05, 4.69) is 10.5 Å². The van der Waals surface area contributed by atoms with Crippen LogP contribution in [0.3, 0.4) is 0 Å². The number of nitrogens with one attached hydrogen (secondary N) is 1. The molecule has 148 valence electrons. The SMILES string of the molecule is O=C(N/N=C\c1c(OCc2ccccc2Cl)ccc2ccccc12)c1ccccc1. The first-order valence-corrected chi connectivity index (χ1v) is 9.86. The Morgan fingerprint density at radius 1 is 0.900 bits per heavy atom. The Morgan fingerprint density at radius 2 is 1.63 bits per heavy atom. The molecule has 0 saturated heterocycles. The lowest BCUT2D eigenvalue weighted by atomic mass is 10.0. The average Bonchev–Trinajstić information content (AvgIpc) is 2.79. The summed E-state index contributed by atoms with van der Waals surface area (Å²) in [5.74, 6) is 0.386. The maximum atomic E-state index is 12.3. The fourth-order valence-corrected chi connectivity index (χ4v) is 3.31. The molecule has 4 nitrogen and oxygen atoms in total. The maximum absolute atomic E-state index is 12.3. The van der Waals surface area contributed by atoms with E-state index in [4.69, 9.17) is 16.3 Å². The number of rotatable bonds is 6. The van der Waals surface area contributed by atoms with Crippen molar-refractivity contribution in [2.24, 2.45) is 5.10 Å². The lowest BCUT2D eigenvalue weighted by molar-refractivity contribution is 0.0955. The Labute approximate surface area is 179 Å². The first kappa shape index (κ1) is 19.7. The third-order valence-corrected chi connectivity index (χ3v) is 5.04. The molecule has 4 aromatic rings. The summed E-state index contributed by atoms with van der Waals surface area (Å²) in [4.78, 5) is 12.3. The topological polar surface area (TPSA) is 50.7 Å². The van der Waals surface area contributed by atoms with E-state index in [1.54, 1.807) is 18.3 Å². The summed E-state index contributed by atoms with van der Waals surface area (Å²) in [6, 6.07) is 28.4. The molecule has 0 aromatic heterocycles. The molecule has 1 N–H and O–H groups in total. The minimum atomic E-state index is -0.273. The number of ether oxygens (including phenoxy) is 1. The standard InChI is InChI=1S/C25H19ClN2O2/c26-23-13-7-5-11-20(23)17-30-24-15-14-18-8-4-6-12-21(18)22(24)16-27-28-25(29)19-9-2-1-3-10-19/h1-16H,17H2,(H,28,29)/b27-16-. The normalized spacial score (nSPS) is 11.0. The van der Waals surface area contributed by atoms with Gasteiger partial charge in [-0.1, -0.05) is 78.3 Å². The highest BCUT2D eigenvalue weighted by Crippen LogP contribution is 2.28. The summed E-state index contributed by atoms with van der Waals surface area (Å²) < 4.78 is 6.07. The van der Waals surface area contributed by atoms with Crippen molar-refractivity contribution in [3.8, 4) is 5.75 Å². The Morgan fingerprint density at radius 3 is 2.47 bits per heavy atom. The molecule has 0 heterocycles. The molecule has 0 aliphatic heterocycles. The van der Waals surface area contributed by atoms with E-state index in [0.29, 0.717) is 22.9 Å². The van der Waals surface area contributed by atoms with Crippen LogP contribution in [0.5, 0.6) is 5.75 Å². The summed E-state index contributed by atoms with van der Waals surface area (Å²) >= 11 is 6.25. The van der Waals surface area contributed by atoms with Gasteiger partial charge in [0, 0.05) is 21.7 Å². The average molecular weight is 415 g/mol. The third kappa shape index (κ3) is 4.50. The van der Waals surface area contributed by atoms with Crippen LogP contribution < -0.4 is 10.2 Å². The lowest BCUT2D eigenvalue weighted by Gasteiger charge is -2.12. The summed E-state index contributed by atoms with van der Waals surface area (Å²) in [5.41, 5.74) is 4.80. The molecule has 0 unspecified atom stereocenters. The summed E-state index contributed by atoms with van der Waals surface area (Å²) in [7, 11) is 0. The maximum Gasteiger partial charge on any atom is 0.271 e. The smallest absolute Gasteiger partial charge is 0.271 e. The number of hydrazone groups is 1. The van der Waals surface area contributed by atoms with Crippen LogP contribution in [0.2, 0.25) is 5.02 Å². The molecule has 0 spiro atoms. The van der Waals surface area contributed by atoms with Crippen molar-refractivity contribution in [3.05, 3.63) is 113 Å². The Hall–Kier alpha value is -3.63. The molecular formula is C25H19ClN2O2. The van der Waals surface area contributed by atoms with Crippen molar-refractivity contribution in [2.75, 3.05) is 0 Å². The quantitative estimate of drug-likeness (QED) is 0.318. The Balaban J connectivity index is 1.60. The number of hydrogen-bond acceptors (Lipinski definition) is 3. The highest BCUT2D eigenvalue weighted by atomic mass is 35.5. The van der Waals surface area contributed by atoms with Gasteiger partial charge in [0.2, 0.25) is 0 Å². The van der Waals surface area contributed by atoms with Gasteiger partial charge in [0.1, 0.15) is 12.4 Å². The molecule has 0 radical (unpaired) electrons. The molecule has 4 aromatic carbocycles. The number of carbonyl (C=O) groups is 1. The Kier molecular flexibility index (Phi) is 6.06. The number of amides is 1. The van der Waals surface area contributed by atoms with E-state index < -0.39 is 0 Å². The van der Waals surface area contributed by atoms with Crippen molar-refractivity contribution in [1.82, 2.24) is 5.43 Å². The molecule has 1 amide bonds. The summed E-state index contributed by atoms with van der Waals surface area (Å²) in [6.45, 7) is 0.329. The molecule has 0 saturated carbocycles. The second-order valence-electron chi connectivity index (χ2n) is 6.64. The number of carbonyl (C=O) groups excluding carboxylic acids is 1. The molecule has 0 bridgehead atoms. The fourth-order valence-electron chi connectivity index (χ4n) is 3.12. The molecule has 0 fully saturated rings. The van der Waals surface area contributed by atoms with E-state index in [-0.39, 0.29) is 5.91 Å². The van der Waals surface area contributed by atoms with Crippen LogP contribution in [0.1, 0.15) is 21.5 Å². The van der Waals surface area contributed by atoms with Gasteiger partial charge in [0.25, 0.3) is 5.91 Å². The third-order valence-electron chi connectivity index (χ3n) is 4.67. The highest BCUT2D eigenvalue weighted by molar-refractivity contribution is 6.31. The van der Waals surface area contributed by atoms with Gasteiger partial charge >= 0.3 is 0 Å². The second kappa shape index (κ2) is 9.25. The molecule has 0 aliphatic carbocycles. The largest absolute Gasteiger partial charge is 0.488 e. The fraction of sp³-hybridized carbons (Fsp3) is 0.0400. The van der Waals surface area contributed by atoms with Crippen molar-refractivity contribution >= 4 is 34.5 Å². The predicted octanol–water partition coefficient (Wildman–Crippen LogP) is 5.84. The van der Waals surface area contributed by atoms with E-state index in [1.807, 2.05) is 78.9 Å². The first-order chi connectivity index (χ1) is 14.7. The van der Waals surface area contributed by atoms with E-state index in [9.17, 15) is 4.79 Å². The second-order valence-corrected chi connectivity index (χ2v) is 7.05. The van der Waals surface area contributed by atoms with E-state index in [1.165, 1.54) is 0 Å². The number of fused-ring (bicyclic) bond motifs is 1. The van der Waals surface area contributed by atoms with E-state index in [0.717, 1.165) is 21.9 Å². The highest BCUT2D eigenvalue weighted by Gasteiger charge is 2.09. The van der Waals surface area contributed by atoms with Gasteiger partial charge in [-0.15, -0.1) is 0 Å². The number of halogens is 1. The Bertz CT molecular complexity index is 1210.